The van der Waals surface area contributed by atoms with E-state index >= 15 is 0 Å². The Bertz CT molecular complexity index is 571. The van der Waals surface area contributed by atoms with Crippen molar-refractivity contribution in [2.24, 2.45) is 0 Å². The van der Waals surface area contributed by atoms with Gasteiger partial charge in [-0.25, -0.2) is 4.39 Å². The number of halogens is 1. The molecule has 2 aliphatic heterocycles. The highest BCUT2D eigenvalue weighted by atomic mass is 19.1. The van der Waals surface area contributed by atoms with Crippen molar-refractivity contribution in [2.45, 2.75) is 38.1 Å². The van der Waals surface area contributed by atoms with Crippen LogP contribution >= 0.6 is 0 Å². The van der Waals surface area contributed by atoms with Crippen LogP contribution in [-0.4, -0.2) is 59.8 Å². The number of hydrogen-bond donors (Lipinski definition) is 1. The summed E-state index contributed by atoms with van der Waals surface area (Å²) in [5.41, 5.74) is 0.493. The second-order valence-electron chi connectivity index (χ2n) is 6.07. The smallest absolute Gasteiger partial charge is 0.226 e. The molecule has 1 aromatic rings. The molecule has 0 aromatic carbocycles. The van der Waals surface area contributed by atoms with E-state index in [0.29, 0.717) is 18.8 Å². The van der Waals surface area contributed by atoms with Gasteiger partial charge in [0.25, 0.3) is 0 Å². The summed E-state index contributed by atoms with van der Waals surface area (Å²) >= 11 is 0. The lowest BCUT2D eigenvalue weighted by Gasteiger charge is -2.48. The summed E-state index contributed by atoms with van der Waals surface area (Å²) in [6, 6.07) is 1.55. The predicted molar refractivity (Wildman–Crippen MR) is 82.9 cm³/mol. The Hall–Kier alpha value is -1.57. The Labute approximate surface area is 135 Å². The largest absolute Gasteiger partial charge is 0.378 e. The van der Waals surface area contributed by atoms with E-state index in [1.165, 1.54) is 6.20 Å². The zero-order valence-electron chi connectivity index (χ0n) is 13.5. The van der Waals surface area contributed by atoms with Crippen LogP contribution < -0.4 is 5.32 Å². The Morgan fingerprint density at radius 3 is 3.09 bits per heavy atom. The third kappa shape index (κ3) is 3.22. The van der Waals surface area contributed by atoms with Crippen molar-refractivity contribution in [1.82, 2.24) is 20.1 Å². The summed E-state index contributed by atoms with van der Waals surface area (Å²) in [4.78, 5) is 20.2. The van der Waals surface area contributed by atoms with Gasteiger partial charge in [-0.3, -0.25) is 20.0 Å². The zero-order valence-corrected chi connectivity index (χ0v) is 13.5. The summed E-state index contributed by atoms with van der Waals surface area (Å²) in [7, 11) is 1.79. The van der Waals surface area contributed by atoms with Crippen LogP contribution in [0.4, 0.5) is 4.39 Å². The monoisotopic (exact) mass is 322 g/mol. The van der Waals surface area contributed by atoms with Gasteiger partial charge >= 0.3 is 0 Å². The fraction of sp³-hybridized carbons (Fsp3) is 0.625. The van der Waals surface area contributed by atoms with Gasteiger partial charge in [0, 0.05) is 43.9 Å². The quantitative estimate of drug-likeness (QED) is 0.903. The molecule has 3 heterocycles. The van der Waals surface area contributed by atoms with E-state index < -0.39 is 0 Å². The average molecular weight is 322 g/mol. The molecule has 3 atom stereocenters. The fourth-order valence-corrected chi connectivity index (χ4v) is 3.33. The van der Waals surface area contributed by atoms with Gasteiger partial charge < -0.3 is 9.64 Å². The third-order valence-corrected chi connectivity index (χ3v) is 4.73. The fourth-order valence-electron chi connectivity index (χ4n) is 3.33. The van der Waals surface area contributed by atoms with Gasteiger partial charge in [0.1, 0.15) is 12.1 Å². The van der Waals surface area contributed by atoms with Crippen LogP contribution in [0.5, 0.6) is 0 Å². The molecule has 2 aliphatic rings. The van der Waals surface area contributed by atoms with Gasteiger partial charge in [-0.1, -0.05) is 6.92 Å². The minimum absolute atomic E-state index is 0.0105. The highest BCUT2D eigenvalue weighted by molar-refractivity contribution is 5.78. The van der Waals surface area contributed by atoms with E-state index in [2.05, 4.69) is 22.1 Å². The molecule has 6 nitrogen and oxygen atoms in total. The van der Waals surface area contributed by atoms with Crippen molar-refractivity contribution in [3.63, 3.8) is 0 Å². The lowest BCUT2D eigenvalue weighted by molar-refractivity contribution is -0.150. The molecule has 0 saturated carbocycles. The van der Waals surface area contributed by atoms with Crippen LogP contribution in [0.3, 0.4) is 0 Å². The standard InChI is InChI=1S/C16H23FN4O2/c1-3-11-10-23-7-6-21(11)16-19-14(8-15(22)20(16)2)12-4-5-18-9-13(12)17/h4-5,9,11,14,16,19H,3,6-8,10H2,1-2H3/t11-,14?,16?/m0/s1. The first kappa shape index (κ1) is 16.3. The Balaban J connectivity index is 1.84. The molecule has 2 unspecified atom stereocenters. The molecule has 1 amide bonds. The number of carbonyl (C=O) groups excluding carboxylic acids is 1. The number of pyridine rings is 1. The number of aromatic nitrogens is 1. The van der Waals surface area contributed by atoms with Gasteiger partial charge in [-0.15, -0.1) is 0 Å². The summed E-state index contributed by atoms with van der Waals surface area (Å²) in [5.74, 6) is -0.369. The van der Waals surface area contributed by atoms with Crippen molar-refractivity contribution in [2.75, 3.05) is 26.8 Å². The topological polar surface area (TPSA) is 57.7 Å². The predicted octanol–water partition coefficient (Wildman–Crippen LogP) is 1.11. The van der Waals surface area contributed by atoms with Crippen LogP contribution in [0.25, 0.3) is 0 Å². The minimum Gasteiger partial charge on any atom is -0.378 e. The number of morpholine rings is 1. The number of hydrogen-bond acceptors (Lipinski definition) is 5. The minimum atomic E-state index is -0.380. The van der Waals surface area contributed by atoms with Gasteiger partial charge in [-0.05, 0) is 12.5 Å². The van der Waals surface area contributed by atoms with E-state index in [1.54, 1.807) is 24.2 Å². The van der Waals surface area contributed by atoms with E-state index in [1.807, 2.05) is 0 Å². The second kappa shape index (κ2) is 6.90. The summed E-state index contributed by atoms with van der Waals surface area (Å²) in [5, 5.41) is 3.43. The van der Waals surface area contributed by atoms with Gasteiger partial charge in [-0.2, -0.15) is 0 Å². The van der Waals surface area contributed by atoms with Gasteiger partial charge in [0.05, 0.1) is 19.4 Å². The number of rotatable bonds is 3. The van der Waals surface area contributed by atoms with Crippen molar-refractivity contribution in [3.8, 4) is 0 Å². The molecule has 0 aliphatic carbocycles. The number of nitrogens with one attached hydrogen (secondary N) is 1. The van der Waals surface area contributed by atoms with E-state index in [0.717, 1.165) is 13.0 Å². The summed E-state index contributed by atoms with van der Waals surface area (Å²) < 4.78 is 19.6. The zero-order chi connectivity index (χ0) is 16.4. The maximum Gasteiger partial charge on any atom is 0.226 e. The SMILES string of the molecule is CC[C@H]1COCCN1C1NC(c2ccncc2F)CC(=O)N1C. The first-order valence-electron chi connectivity index (χ1n) is 8.06. The van der Waals surface area contributed by atoms with E-state index in [-0.39, 0.29) is 36.5 Å². The Kier molecular flexibility index (Phi) is 4.89. The maximum absolute atomic E-state index is 14.0. The lowest BCUT2D eigenvalue weighted by atomic mass is 10.0. The molecule has 2 fully saturated rings. The number of amides is 1. The molecule has 0 spiro atoms. The first-order valence-corrected chi connectivity index (χ1v) is 8.06. The van der Waals surface area contributed by atoms with Crippen molar-refractivity contribution in [1.29, 1.82) is 0 Å². The van der Waals surface area contributed by atoms with Crippen LogP contribution in [-0.2, 0) is 9.53 Å². The molecule has 1 aromatic heterocycles. The third-order valence-electron chi connectivity index (χ3n) is 4.73. The Morgan fingerprint density at radius 1 is 1.52 bits per heavy atom. The number of ether oxygens (including phenoxy) is 1. The van der Waals surface area contributed by atoms with Gasteiger partial charge in [0.2, 0.25) is 5.91 Å². The highest BCUT2D eigenvalue weighted by Crippen LogP contribution is 2.27. The first-order chi connectivity index (χ1) is 11.1. The molecule has 0 bridgehead atoms. The lowest BCUT2D eigenvalue weighted by Crippen LogP contribution is -2.66. The Morgan fingerprint density at radius 2 is 2.35 bits per heavy atom. The molecule has 2 saturated heterocycles. The van der Waals surface area contributed by atoms with Crippen molar-refractivity contribution in [3.05, 3.63) is 29.8 Å². The normalized spacial score (nSPS) is 29.8. The van der Waals surface area contributed by atoms with Crippen LogP contribution in [0.2, 0.25) is 0 Å². The average Bonchev–Trinajstić information content (AvgIpc) is 2.58. The number of nitrogens with zero attached hydrogens (tertiary/aromatic N) is 3. The molecular formula is C16H23FN4O2. The maximum atomic E-state index is 14.0. The second-order valence-corrected chi connectivity index (χ2v) is 6.07. The highest BCUT2D eigenvalue weighted by Gasteiger charge is 2.39. The molecule has 3 rings (SSSR count). The molecule has 23 heavy (non-hydrogen) atoms. The molecule has 0 radical (unpaired) electrons. The summed E-state index contributed by atoms with van der Waals surface area (Å²) in [6.45, 7) is 4.16. The number of carbonyl (C=O) groups is 1. The molecule has 1 N–H and O–H groups in total. The van der Waals surface area contributed by atoms with Crippen LogP contribution in [0.15, 0.2) is 18.5 Å². The molecule has 7 heteroatoms. The van der Waals surface area contributed by atoms with Crippen molar-refractivity contribution >= 4 is 5.91 Å². The van der Waals surface area contributed by atoms with E-state index in [9.17, 15) is 9.18 Å². The summed E-state index contributed by atoms with van der Waals surface area (Å²) in [6.07, 6.45) is 3.69. The van der Waals surface area contributed by atoms with Crippen LogP contribution in [0.1, 0.15) is 31.4 Å². The van der Waals surface area contributed by atoms with E-state index in [4.69, 9.17) is 4.74 Å². The van der Waals surface area contributed by atoms with Crippen LogP contribution in [0, 0.1) is 5.82 Å². The van der Waals surface area contributed by atoms with Crippen molar-refractivity contribution < 1.29 is 13.9 Å². The van der Waals surface area contributed by atoms with Gasteiger partial charge in [0.15, 0.2) is 0 Å². The molecule has 126 valence electrons. The molecular weight excluding hydrogens is 299 g/mol.